The lowest BCUT2D eigenvalue weighted by Crippen LogP contribution is -2.28. The number of rotatable bonds is 5. The Morgan fingerprint density at radius 2 is 1.87 bits per heavy atom. The first-order valence-electron chi connectivity index (χ1n) is 8.75. The highest BCUT2D eigenvalue weighted by molar-refractivity contribution is 6.42. The van der Waals surface area contributed by atoms with E-state index in [1.165, 1.54) is 25.1 Å². The fraction of sp³-hybridized carbons (Fsp3) is 0.200. The van der Waals surface area contributed by atoms with Gasteiger partial charge in [-0.25, -0.2) is 8.78 Å². The van der Waals surface area contributed by atoms with Crippen LogP contribution in [0, 0.1) is 18.6 Å². The van der Waals surface area contributed by atoms with Gasteiger partial charge in [-0.05, 0) is 30.7 Å². The molecule has 158 valence electrons. The molecule has 3 rings (SSSR count). The molecule has 0 aliphatic rings. The lowest BCUT2D eigenvalue weighted by atomic mass is 10.1. The molecule has 3 N–H and O–H groups in total. The van der Waals surface area contributed by atoms with Crippen LogP contribution < -0.4 is 5.32 Å². The number of aliphatic hydroxyl groups is 1. The third-order valence-corrected chi connectivity index (χ3v) is 5.37. The zero-order chi connectivity index (χ0) is 22.2. The summed E-state index contributed by atoms with van der Waals surface area (Å²) >= 11 is 11.9. The van der Waals surface area contributed by atoms with Crippen molar-refractivity contribution in [1.82, 2.24) is 9.88 Å². The van der Waals surface area contributed by atoms with E-state index < -0.39 is 29.2 Å². The molecule has 3 aromatic rings. The Labute approximate surface area is 179 Å². The fourth-order valence-corrected chi connectivity index (χ4v) is 3.51. The van der Waals surface area contributed by atoms with Crippen LogP contribution in [0.3, 0.4) is 0 Å². The minimum Gasteiger partial charge on any atom is -0.503 e. The molecule has 30 heavy (non-hydrogen) atoms. The number of hydrogen-bond acceptors (Lipinski definition) is 4. The summed E-state index contributed by atoms with van der Waals surface area (Å²) in [5, 5.41) is 21.1. The average Bonchev–Trinajstić information content (AvgIpc) is 2.97. The second-order valence-electron chi connectivity index (χ2n) is 6.50. The van der Waals surface area contributed by atoms with E-state index in [0.29, 0.717) is 0 Å². The van der Waals surface area contributed by atoms with Crippen LogP contribution in [0.4, 0.5) is 8.78 Å². The van der Waals surface area contributed by atoms with Gasteiger partial charge in [-0.2, -0.15) is 0 Å². The molecule has 1 heterocycles. The van der Waals surface area contributed by atoms with E-state index in [-0.39, 0.29) is 57.3 Å². The number of aromatic hydroxyl groups is 1. The van der Waals surface area contributed by atoms with Gasteiger partial charge in [0.05, 0.1) is 28.6 Å². The Morgan fingerprint density at radius 3 is 2.50 bits per heavy atom. The second kappa shape index (κ2) is 8.59. The number of amides is 1. The average molecular weight is 457 g/mol. The summed E-state index contributed by atoms with van der Waals surface area (Å²) in [4.78, 5) is 25.3. The maximum atomic E-state index is 14.8. The molecule has 0 saturated carbocycles. The molecule has 10 heteroatoms. The first kappa shape index (κ1) is 22.0. The van der Waals surface area contributed by atoms with E-state index in [1.807, 2.05) is 0 Å². The molecule has 0 saturated heterocycles. The third kappa shape index (κ3) is 3.86. The van der Waals surface area contributed by atoms with Crippen molar-refractivity contribution in [2.75, 3.05) is 13.2 Å². The zero-order valence-corrected chi connectivity index (χ0v) is 17.1. The number of nitrogens with zero attached hydrogens (tertiary/aromatic N) is 1. The first-order valence-corrected chi connectivity index (χ1v) is 9.51. The topological polar surface area (TPSA) is 91.6 Å². The van der Waals surface area contributed by atoms with E-state index >= 15 is 0 Å². The molecular weight excluding hydrogens is 441 g/mol. The van der Waals surface area contributed by atoms with Crippen molar-refractivity contribution in [1.29, 1.82) is 0 Å². The Balaban J connectivity index is 2.23. The monoisotopic (exact) mass is 456 g/mol. The predicted molar refractivity (Wildman–Crippen MR) is 108 cm³/mol. The first-order chi connectivity index (χ1) is 14.2. The van der Waals surface area contributed by atoms with Crippen LogP contribution in [-0.2, 0) is 11.2 Å². The van der Waals surface area contributed by atoms with Crippen molar-refractivity contribution in [2.24, 2.45) is 0 Å². The second-order valence-corrected chi connectivity index (χ2v) is 7.31. The SMILES string of the molecule is Cc1c(CC(=O)NCCO)c2c(F)c(O)c(F)cc2n1C(=O)c1ccc(Cl)c(Cl)c1. The molecule has 2 aromatic carbocycles. The summed E-state index contributed by atoms with van der Waals surface area (Å²) in [5.41, 5.74) is 0.238. The number of benzene rings is 2. The maximum absolute atomic E-state index is 14.8. The van der Waals surface area contributed by atoms with Gasteiger partial charge in [-0.3, -0.25) is 14.2 Å². The fourth-order valence-electron chi connectivity index (χ4n) is 3.21. The lowest BCUT2D eigenvalue weighted by Gasteiger charge is -2.09. The number of carbonyl (C=O) groups is 2. The van der Waals surface area contributed by atoms with E-state index in [1.54, 1.807) is 0 Å². The number of carbonyl (C=O) groups excluding carboxylic acids is 2. The van der Waals surface area contributed by atoms with Crippen LogP contribution in [0.25, 0.3) is 10.9 Å². The largest absolute Gasteiger partial charge is 0.503 e. The van der Waals surface area contributed by atoms with Crippen LogP contribution >= 0.6 is 23.2 Å². The summed E-state index contributed by atoms with van der Waals surface area (Å²) in [7, 11) is 0. The van der Waals surface area contributed by atoms with Crippen molar-refractivity contribution >= 4 is 45.9 Å². The maximum Gasteiger partial charge on any atom is 0.262 e. The minimum atomic E-state index is -1.28. The summed E-state index contributed by atoms with van der Waals surface area (Å²) in [6.07, 6.45) is -0.355. The van der Waals surface area contributed by atoms with Crippen LogP contribution in [0.2, 0.25) is 10.0 Å². The minimum absolute atomic E-state index is 0.0128. The number of aliphatic hydroxyl groups excluding tert-OH is 1. The summed E-state index contributed by atoms with van der Waals surface area (Å²) in [6, 6.07) is 4.96. The number of phenolic OH excluding ortho intramolecular Hbond substituents is 1. The molecule has 0 fully saturated rings. The van der Waals surface area contributed by atoms with Crippen molar-refractivity contribution in [3.05, 3.63) is 62.8 Å². The number of halogens is 4. The van der Waals surface area contributed by atoms with E-state index in [9.17, 15) is 23.5 Å². The Hall–Kier alpha value is -2.68. The number of phenols is 1. The van der Waals surface area contributed by atoms with Crippen LogP contribution in [0.5, 0.6) is 5.75 Å². The van der Waals surface area contributed by atoms with Gasteiger partial charge in [0, 0.05) is 29.3 Å². The Kier molecular flexibility index (Phi) is 6.30. The van der Waals surface area contributed by atoms with Gasteiger partial charge in [0.25, 0.3) is 5.91 Å². The smallest absolute Gasteiger partial charge is 0.262 e. The van der Waals surface area contributed by atoms with Crippen LogP contribution in [0.1, 0.15) is 21.6 Å². The molecule has 1 aromatic heterocycles. The molecule has 0 aliphatic heterocycles. The van der Waals surface area contributed by atoms with E-state index in [2.05, 4.69) is 5.32 Å². The summed E-state index contributed by atoms with van der Waals surface area (Å²) in [5.74, 6) is -4.94. The molecule has 0 spiro atoms. The third-order valence-electron chi connectivity index (χ3n) is 4.63. The van der Waals surface area contributed by atoms with Gasteiger partial charge in [0.1, 0.15) is 0 Å². The molecule has 0 unspecified atom stereocenters. The number of aromatic nitrogens is 1. The van der Waals surface area contributed by atoms with Crippen molar-refractivity contribution in [2.45, 2.75) is 13.3 Å². The standard InChI is InChI=1S/C20H16Cl2F2N2O4/c1-9-11(7-16(28)25-4-5-27)17-15(8-14(23)19(29)18(17)24)26(9)20(30)10-2-3-12(21)13(22)6-10/h2-3,6,8,27,29H,4-5,7H2,1H3,(H,25,28). The molecule has 0 aliphatic carbocycles. The van der Waals surface area contributed by atoms with Gasteiger partial charge in [0.2, 0.25) is 5.91 Å². The highest BCUT2D eigenvalue weighted by Gasteiger charge is 2.27. The molecule has 1 amide bonds. The Morgan fingerprint density at radius 1 is 1.17 bits per heavy atom. The van der Waals surface area contributed by atoms with Gasteiger partial charge in [-0.15, -0.1) is 0 Å². The number of nitrogens with one attached hydrogen (secondary N) is 1. The van der Waals surface area contributed by atoms with Gasteiger partial charge in [-0.1, -0.05) is 23.2 Å². The van der Waals surface area contributed by atoms with Crippen molar-refractivity contribution in [3.8, 4) is 5.75 Å². The highest BCUT2D eigenvalue weighted by Crippen LogP contribution is 2.35. The molecule has 0 radical (unpaired) electrons. The van der Waals surface area contributed by atoms with Crippen molar-refractivity contribution < 1.29 is 28.6 Å². The zero-order valence-electron chi connectivity index (χ0n) is 15.6. The predicted octanol–water partition coefficient (Wildman–Crippen LogP) is 3.58. The molecule has 6 nitrogen and oxygen atoms in total. The van der Waals surface area contributed by atoms with Gasteiger partial charge < -0.3 is 15.5 Å². The van der Waals surface area contributed by atoms with Crippen molar-refractivity contribution in [3.63, 3.8) is 0 Å². The quantitative estimate of drug-likeness (QED) is 0.547. The highest BCUT2D eigenvalue weighted by atomic mass is 35.5. The Bertz CT molecular complexity index is 1180. The number of hydrogen-bond donors (Lipinski definition) is 3. The van der Waals surface area contributed by atoms with Gasteiger partial charge in [0.15, 0.2) is 17.4 Å². The van der Waals surface area contributed by atoms with Crippen LogP contribution in [-0.4, -0.2) is 39.7 Å². The summed E-state index contributed by atoms with van der Waals surface area (Å²) < 4.78 is 29.9. The molecular formula is C20H16Cl2F2N2O4. The normalized spacial score (nSPS) is 11.1. The molecule has 0 atom stereocenters. The van der Waals surface area contributed by atoms with Crippen LogP contribution in [0.15, 0.2) is 24.3 Å². The van der Waals surface area contributed by atoms with E-state index in [0.717, 1.165) is 10.6 Å². The lowest BCUT2D eigenvalue weighted by molar-refractivity contribution is -0.120. The summed E-state index contributed by atoms with van der Waals surface area (Å²) in [6.45, 7) is 1.17. The molecule has 0 bridgehead atoms. The number of fused-ring (bicyclic) bond motifs is 1. The van der Waals surface area contributed by atoms with E-state index in [4.69, 9.17) is 28.3 Å². The van der Waals surface area contributed by atoms with Gasteiger partial charge >= 0.3 is 0 Å².